The van der Waals surface area contributed by atoms with Gasteiger partial charge in [-0.25, -0.2) is 0 Å². The second kappa shape index (κ2) is 9.36. The van der Waals surface area contributed by atoms with Gasteiger partial charge in [-0.1, -0.05) is 23.4 Å². The Morgan fingerprint density at radius 1 is 1.17 bits per heavy atom. The second-order valence-corrected chi connectivity index (χ2v) is 6.15. The van der Waals surface area contributed by atoms with Crippen LogP contribution in [0.5, 0.6) is 5.75 Å². The Labute approximate surface area is 139 Å². The largest absolute Gasteiger partial charge is 0.496 e. The SMILES string of the molecule is COc1ccccc1C=C1CCCCC1=NOCCCN(C)C. The molecule has 0 aromatic heterocycles. The molecule has 4 nitrogen and oxygen atoms in total. The zero-order chi connectivity index (χ0) is 16.5. The van der Waals surface area contributed by atoms with E-state index in [0.717, 1.165) is 42.8 Å². The quantitative estimate of drug-likeness (QED) is 0.564. The first kappa shape index (κ1) is 17.5. The highest BCUT2D eigenvalue weighted by Crippen LogP contribution is 2.27. The summed E-state index contributed by atoms with van der Waals surface area (Å²) >= 11 is 0. The fraction of sp³-hybridized carbons (Fsp3) is 0.526. The Bertz CT molecular complexity index is 550. The number of ether oxygens (including phenoxy) is 1. The molecule has 0 heterocycles. The molecule has 0 amide bonds. The van der Waals surface area contributed by atoms with E-state index in [9.17, 15) is 0 Å². The monoisotopic (exact) mass is 316 g/mol. The van der Waals surface area contributed by atoms with Gasteiger partial charge in [0.1, 0.15) is 12.4 Å². The number of hydrogen-bond donors (Lipinski definition) is 0. The van der Waals surface area contributed by atoms with E-state index in [1.807, 2.05) is 18.2 Å². The Hall–Kier alpha value is -1.81. The van der Waals surface area contributed by atoms with Gasteiger partial charge in [0.25, 0.3) is 0 Å². The van der Waals surface area contributed by atoms with Crippen molar-refractivity contribution in [1.82, 2.24) is 4.90 Å². The molecule has 1 fully saturated rings. The number of benzene rings is 1. The minimum absolute atomic E-state index is 0.670. The van der Waals surface area contributed by atoms with Crippen molar-refractivity contribution in [3.8, 4) is 5.75 Å². The average Bonchev–Trinajstić information content (AvgIpc) is 2.56. The minimum Gasteiger partial charge on any atom is -0.496 e. The van der Waals surface area contributed by atoms with E-state index >= 15 is 0 Å². The number of allylic oxidation sites excluding steroid dienone is 1. The van der Waals surface area contributed by atoms with E-state index in [1.165, 1.54) is 18.4 Å². The van der Waals surface area contributed by atoms with E-state index in [2.05, 4.69) is 36.3 Å². The van der Waals surface area contributed by atoms with Crippen molar-refractivity contribution in [2.45, 2.75) is 32.1 Å². The first-order valence-electron chi connectivity index (χ1n) is 8.38. The molecule has 0 bridgehead atoms. The van der Waals surface area contributed by atoms with E-state index < -0.39 is 0 Å². The number of para-hydroxylation sites is 1. The summed E-state index contributed by atoms with van der Waals surface area (Å²) in [5.41, 5.74) is 3.47. The summed E-state index contributed by atoms with van der Waals surface area (Å²) in [7, 11) is 5.85. The van der Waals surface area contributed by atoms with E-state index in [-0.39, 0.29) is 0 Å². The molecular weight excluding hydrogens is 288 g/mol. The third-order valence-electron chi connectivity index (χ3n) is 3.96. The van der Waals surface area contributed by atoms with Crippen molar-refractivity contribution >= 4 is 11.8 Å². The molecule has 0 radical (unpaired) electrons. The number of oxime groups is 1. The van der Waals surface area contributed by atoms with Crippen LogP contribution in [0.15, 0.2) is 35.0 Å². The third kappa shape index (κ3) is 5.71. The lowest BCUT2D eigenvalue weighted by molar-refractivity contribution is 0.134. The molecular formula is C19H28N2O2. The van der Waals surface area contributed by atoms with Crippen LogP contribution in [0, 0.1) is 0 Å². The number of rotatable bonds is 7. The summed E-state index contributed by atoms with van der Waals surface area (Å²) in [5, 5.41) is 4.40. The topological polar surface area (TPSA) is 34.1 Å². The van der Waals surface area contributed by atoms with Crippen LogP contribution >= 0.6 is 0 Å². The maximum atomic E-state index is 5.54. The van der Waals surface area contributed by atoms with Crippen LogP contribution in [0.4, 0.5) is 0 Å². The maximum Gasteiger partial charge on any atom is 0.126 e. The highest BCUT2D eigenvalue weighted by atomic mass is 16.6. The average molecular weight is 316 g/mol. The van der Waals surface area contributed by atoms with Gasteiger partial charge in [0.2, 0.25) is 0 Å². The van der Waals surface area contributed by atoms with Crippen molar-refractivity contribution in [3.63, 3.8) is 0 Å². The fourth-order valence-electron chi connectivity index (χ4n) is 2.71. The summed E-state index contributed by atoms with van der Waals surface area (Å²) in [5.74, 6) is 0.900. The smallest absolute Gasteiger partial charge is 0.126 e. The first-order chi connectivity index (χ1) is 11.2. The summed E-state index contributed by atoms with van der Waals surface area (Å²) in [6.45, 7) is 1.69. The van der Waals surface area contributed by atoms with E-state index in [0.29, 0.717) is 6.61 Å². The number of nitrogens with zero attached hydrogens (tertiary/aromatic N) is 2. The molecule has 0 unspecified atom stereocenters. The van der Waals surface area contributed by atoms with Gasteiger partial charge >= 0.3 is 0 Å². The van der Waals surface area contributed by atoms with Gasteiger partial charge in [0.15, 0.2) is 0 Å². The summed E-state index contributed by atoms with van der Waals surface area (Å²) < 4.78 is 5.44. The number of methoxy groups -OCH3 is 1. The van der Waals surface area contributed by atoms with Crippen molar-refractivity contribution < 1.29 is 9.57 Å². The lowest BCUT2D eigenvalue weighted by Crippen LogP contribution is -2.15. The van der Waals surface area contributed by atoms with Crippen molar-refractivity contribution in [2.24, 2.45) is 5.16 Å². The van der Waals surface area contributed by atoms with Gasteiger partial charge in [0.05, 0.1) is 12.8 Å². The highest BCUT2D eigenvalue weighted by Gasteiger charge is 2.15. The van der Waals surface area contributed by atoms with Crippen molar-refractivity contribution in [3.05, 3.63) is 35.4 Å². The molecule has 0 N–H and O–H groups in total. The van der Waals surface area contributed by atoms with E-state index in [1.54, 1.807) is 7.11 Å². The van der Waals surface area contributed by atoms with Gasteiger partial charge in [0, 0.05) is 12.1 Å². The third-order valence-corrected chi connectivity index (χ3v) is 3.96. The molecule has 0 saturated heterocycles. The predicted molar refractivity (Wildman–Crippen MR) is 96.0 cm³/mol. The molecule has 0 atom stereocenters. The minimum atomic E-state index is 0.670. The first-order valence-corrected chi connectivity index (χ1v) is 8.38. The summed E-state index contributed by atoms with van der Waals surface area (Å²) in [6.07, 6.45) is 7.63. The Morgan fingerprint density at radius 3 is 2.74 bits per heavy atom. The Kier molecular flexibility index (Phi) is 7.14. The Morgan fingerprint density at radius 2 is 1.96 bits per heavy atom. The lowest BCUT2D eigenvalue weighted by atomic mass is 9.91. The van der Waals surface area contributed by atoms with Crippen LogP contribution < -0.4 is 4.74 Å². The molecule has 1 aliphatic rings. The van der Waals surface area contributed by atoms with Crippen LogP contribution in [-0.4, -0.2) is 45.0 Å². The summed E-state index contributed by atoms with van der Waals surface area (Å²) in [6, 6.07) is 8.09. The fourth-order valence-corrected chi connectivity index (χ4v) is 2.71. The zero-order valence-electron chi connectivity index (χ0n) is 14.5. The molecule has 1 saturated carbocycles. The lowest BCUT2D eigenvalue weighted by Gasteiger charge is -2.17. The van der Waals surface area contributed by atoms with Crippen LogP contribution in [0.3, 0.4) is 0 Å². The number of hydrogen-bond acceptors (Lipinski definition) is 4. The van der Waals surface area contributed by atoms with Crippen LogP contribution in [0.2, 0.25) is 0 Å². The van der Waals surface area contributed by atoms with Crippen molar-refractivity contribution in [2.75, 3.05) is 34.4 Å². The molecule has 23 heavy (non-hydrogen) atoms. The molecule has 1 aliphatic carbocycles. The molecule has 0 aliphatic heterocycles. The molecule has 1 aromatic carbocycles. The maximum absolute atomic E-state index is 5.54. The van der Waals surface area contributed by atoms with Crippen LogP contribution in [0.25, 0.3) is 6.08 Å². The summed E-state index contributed by atoms with van der Waals surface area (Å²) in [4.78, 5) is 7.69. The van der Waals surface area contributed by atoms with Gasteiger partial charge in [-0.3, -0.25) is 0 Å². The second-order valence-electron chi connectivity index (χ2n) is 6.15. The molecule has 0 spiro atoms. The van der Waals surface area contributed by atoms with Crippen LogP contribution in [0.1, 0.15) is 37.7 Å². The van der Waals surface area contributed by atoms with Gasteiger partial charge in [-0.05, 0) is 63.9 Å². The molecule has 1 aromatic rings. The van der Waals surface area contributed by atoms with Crippen molar-refractivity contribution in [1.29, 1.82) is 0 Å². The van der Waals surface area contributed by atoms with Gasteiger partial charge in [-0.15, -0.1) is 0 Å². The standard InChI is InChI=1S/C19H28N2O2/c1-21(2)13-8-14-23-20-18-11-6-4-9-16(18)15-17-10-5-7-12-19(17)22-3/h5,7,10,12,15H,4,6,8-9,11,13-14H2,1-3H3. The molecule has 4 heteroatoms. The van der Waals surface area contributed by atoms with Gasteiger partial charge in [-0.2, -0.15) is 0 Å². The van der Waals surface area contributed by atoms with E-state index in [4.69, 9.17) is 9.57 Å². The van der Waals surface area contributed by atoms with Gasteiger partial charge < -0.3 is 14.5 Å². The molecule has 2 rings (SSSR count). The Balaban J connectivity index is 2.04. The zero-order valence-corrected chi connectivity index (χ0v) is 14.5. The normalized spacial score (nSPS) is 18.6. The molecule has 126 valence electrons. The highest BCUT2D eigenvalue weighted by molar-refractivity contribution is 6.04. The van der Waals surface area contributed by atoms with Crippen LogP contribution in [-0.2, 0) is 4.84 Å². The predicted octanol–water partition coefficient (Wildman–Crippen LogP) is 3.98.